The number of carbonyl (C=O) groups excluding carboxylic acids is 2. The summed E-state index contributed by atoms with van der Waals surface area (Å²) in [5.41, 5.74) is 5.13. The lowest BCUT2D eigenvalue weighted by molar-refractivity contribution is -0.118. The summed E-state index contributed by atoms with van der Waals surface area (Å²) in [5.74, 6) is -0.401. The van der Waals surface area contributed by atoms with Crippen molar-refractivity contribution < 1.29 is 9.59 Å². The first kappa shape index (κ1) is 15.4. The molecule has 5 nitrogen and oxygen atoms in total. The molecule has 0 aliphatic carbocycles. The Balaban J connectivity index is 2.13. The summed E-state index contributed by atoms with van der Waals surface area (Å²) in [6.07, 6.45) is 0. The Kier molecular flexibility index (Phi) is 5.03. The van der Waals surface area contributed by atoms with E-state index in [4.69, 9.17) is 0 Å². The summed E-state index contributed by atoms with van der Waals surface area (Å²) in [7, 11) is 0. The third kappa shape index (κ3) is 4.28. The van der Waals surface area contributed by atoms with Crippen molar-refractivity contribution in [2.45, 2.75) is 13.8 Å². The van der Waals surface area contributed by atoms with Crippen molar-refractivity contribution in [2.24, 2.45) is 5.10 Å². The highest BCUT2D eigenvalue weighted by Crippen LogP contribution is 2.13. The van der Waals surface area contributed by atoms with E-state index in [0.29, 0.717) is 17.0 Å². The predicted molar refractivity (Wildman–Crippen MR) is 86.9 cm³/mol. The van der Waals surface area contributed by atoms with Crippen LogP contribution in [0.1, 0.15) is 29.8 Å². The van der Waals surface area contributed by atoms with E-state index in [-0.39, 0.29) is 11.8 Å². The summed E-state index contributed by atoms with van der Waals surface area (Å²) in [6.45, 7) is 3.18. The molecular weight excluding hydrogens is 278 g/mol. The van der Waals surface area contributed by atoms with Gasteiger partial charge in [0.25, 0.3) is 5.91 Å². The SMILES string of the molecule is CC(=O)N/N=C(/C)c1cccc(NC(=O)c2ccccc2)c1. The first-order chi connectivity index (χ1) is 10.6. The summed E-state index contributed by atoms with van der Waals surface area (Å²) in [5, 5.41) is 6.81. The molecule has 0 unspecified atom stereocenters. The van der Waals surface area contributed by atoms with Crippen LogP contribution in [0.3, 0.4) is 0 Å². The molecule has 0 aliphatic heterocycles. The topological polar surface area (TPSA) is 70.6 Å². The molecule has 0 saturated carbocycles. The smallest absolute Gasteiger partial charge is 0.255 e. The molecular formula is C17H17N3O2. The molecule has 2 aromatic rings. The zero-order valence-electron chi connectivity index (χ0n) is 12.5. The van der Waals surface area contributed by atoms with Gasteiger partial charge in [-0.25, -0.2) is 5.43 Å². The monoisotopic (exact) mass is 295 g/mol. The van der Waals surface area contributed by atoms with Crippen LogP contribution in [0.5, 0.6) is 0 Å². The third-order valence-corrected chi connectivity index (χ3v) is 2.96. The molecule has 112 valence electrons. The van der Waals surface area contributed by atoms with Gasteiger partial charge in [0.05, 0.1) is 5.71 Å². The second kappa shape index (κ2) is 7.17. The molecule has 2 amide bonds. The van der Waals surface area contributed by atoms with E-state index in [0.717, 1.165) is 5.56 Å². The lowest BCUT2D eigenvalue weighted by Crippen LogP contribution is -2.15. The lowest BCUT2D eigenvalue weighted by Gasteiger charge is -2.07. The summed E-state index contributed by atoms with van der Waals surface area (Å²) in [4.78, 5) is 23.0. The standard InChI is InChI=1S/C17H17N3O2/c1-12(19-20-13(2)21)15-9-6-10-16(11-15)18-17(22)14-7-4-3-5-8-14/h3-11H,1-2H3,(H,18,22)(H,20,21)/b19-12-. The zero-order chi connectivity index (χ0) is 15.9. The number of carbonyl (C=O) groups is 2. The highest BCUT2D eigenvalue weighted by Gasteiger charge is 2.06. The highest BCUT2D eigenvalue weighted by atomic mass is 16.2. The number of anilines is 1. The molecule has 0 radical (unpaired) electrons. The number of nitrogens with zero attached hydrogens (tertiary/aromatic N) is 1. The van der Waals surface area contributed by atoms with E-state index in [2.05, 4.69) is 15.8 Å². The van der Waals surface area contributed by atoms with Crippen LogP contribution in [0.15, 0.2) is 59.7 Å². The average Bonchev–Trinajstić information content (AvgIpc) is 2.53. The van der Waals surface area contributed by atoms with Gasteiger partial charge >= 0.3 is 0 Å². The number of hydrazone groups is 1. The van der Waals surface area contributed by atoms with Crippen LogP contribution >= 0.6 is 0 Å². The summed E-state index contributed by atoms with van der Waals surface area (Å²) < 4.78 is 0. The van der Waals surface area contributed by atoms with Gasteiger partial charge in [-0.05, 0) is 36.8 Å². The number of amides is 2. The quantitative estimate of drug-likeness (QED) is 0.672. The van der Waals surface area contributed by atoms with Gasteiger partial charge in [-0.1, -0.05) is 30.3 Å². The van der Waals surface area contributed by atoms with Crippen molar-refractivity contribution in [2.75, 3.05) is 5.32 Å². The van der Waals surface area contributed by atoms with Gasteiger partial charge in [0.15, 0.2) is 0 Å². The van der Waals surface area contributed by atoms with Gasteiger partial charge in [0.2, 0.25) is 5.91 Å². The van der Waals surface area contributed by atoms with Crippen molar-refractivity contribution in [1.29, 1.82) is 0 Å². The first-order valence-corrected chi connectivity index (χ1v) is 6.84. The maximum Gasteiger partial charge on any atom is 0.255 e. The Morgan fingerprint density at radius 1 is 0.909 bits per heavy atom. The van der Waals surface area contributed by atoms with E-state index < -0.39 is 0 Å². The molecule has 0 bridgehead atoms. The fourth-order valence-corrected chi connectivity index (χ4v) is 1.84. The molecule has 0 aromatic heterocycles. The molecule has 0 fully saturated rings. The van der Waals surface area contributed by atoms with Gasteiger partial charge in [-0.2, -0.15) is 5.10 Å². The van der Waals surface area contributed by atoms with E-state index in [1.54, 1.807) is 25.1 Å². The molecule has 0 saturated heterocycles. The number of benzene rings is 2. The third-order valence-electron chi connectivity index (χ3n) is 2.96. The van der Waals surface area contributed by atoms with Crippen molar-refractivity contribution in [3.63, 3.8) is 0 Å². The highest BCUT2D eigenvalue weighted by molar-refractivity contribution is 6.05. The van der Waals surface area contributed by atoms with Crippen LogP contribution in [-0.2, 0) is 4.79 Å². The minimum atomic E-state index is -0.229. The average molecular weight is 295 g/mol. The molecule has 2 N–H and O–H groups in total. The molecule has 0 heterocycles. The molecule has 0 atom stereocenters. The predicted octanol–water partition coefficient (Wildman–Crippen LogP) is 2.80. The maximum absolute atomic E-state index is 12.1. The van der Waals surface area contributed by atoms with Crippen molar-refractivity contribution in [1.82, 2.24) is 5.43 Å². The Morgan fingerprint density at radius 2 is 1.59 bits per heavy atom. The number of hydrogen-bond acceptors (Lipinski definition) is 3. The fraction of sp³-hybridized carbons (Fsp3) is 0.118. The lowest BCUT2D eigenvalue weighted by atomic mass is 10.1. The Morgan fingerprint density at radius 3 is 2.27 bits per heavy atom. The summed E-state index contributed by atoms with van der Waals surface area (Å²) >= 11 is 0. The normalized spacial score (nSPS) is 10.9. The van der Waals surface area contributed by atoms with E-state index in [1.807, 2.05) is 36.4 Å². The molecule has 0 aliphatic rings. The van der Waals surface area contributed by atoms with Crippen LogP contribution in [0.2, 0.25) is 0 Å². The van der Waals surface area contributed by atoms with E-state index in [1.165, 1.54) is 6.92 Å². The second-order valence-corrected chi connectivity index (χ2v) is 4.77. The van der Waals surface area contributed by atoms with Gasteiger partial charge < -0.3 is 5.32 Å². The van der Waals surface area contributed by atoms with E-state index >= 15 is 0 Å². The molecule has 2 rings (SSSR count). The van der Waals surface area contributed by atoms with Crippen molar-refractivity contribution in [3.8, 4) is 0 Å². The van der Waals surface area contributed by atoms with Crippen LogP contribution < -0.4 is 10.7 Å². The van der Waals surface area contributed by atoms with Gasteiger partial charge in [-0.15, -0.1) is 0 Å². The fourth-order valence-electron chi connectivity index (χ4n) is 1.84. The zero-order valence-corrected chi connectivity index (χ0v) is 12.5. The van der Waals surface area contributed by atoms with Crippen molar-refractivity contribution in [3.05, 3.63) is 65.7 Å². The van der Waals surface area contributed by atoms with Crippen LogP contribution in [0, 0.1) is 0 Å². The summed E-state index contributed by atoms with van der Waals surface area (Å²) in [6, 6.07) is 16.3. The number of rotatable bonds is 4. The number of hydrogen-bond donors (Lipinski definition) is 2. The van der Waals surface area contributed by atoms with Gasteiger partial charge in [0, 0.05) is 18.2 Å². The molecule has 2 aromatic carbocycles. The van der Waals surface area contributed by atoms with Crippen LogP contribution in [0.25, 0.3) is 0 Å². The minimum Gasteiger partial charge on any atom is -0.322 e. The van der Waals surface area contributed by atoms with Crippen molar-refractivity contribution >= 4 is 23.2 Å². The Bertz CT molecular complexity index is 709. The van der Waals surface area contributed by atoms with Gasteiger partial charge in [-0.3, -0.25) is 9.59 Å². The minimum absolute atomic E-state index is 0.172. The maximum atomic E-state index is 12.1. The van der Waals surface area contributed by atoms with Gasteiger partial charge in [0.1, 0.15) is 0 Å². The molecule has 0 spiro atoms. The Labute approximate surface area is 129 Å². The molecule has 22 heavy (non-hydrogen) atoms. The number of nitrogens with one attached hydrogen (secondary N) is 2. The Hall–Kier alpha value is -2.95. The largest absolute Gasteiger partial charge is 0.322 e. The second-order valence-electron chi connectivity index (χ2n) is 4.77. The first-order valence-electron chi connectivity index (χ1n) is 6.84. The van der Waals surface area contributed by atoms with E-state index in [9.17, 15) is 9.59 Å². The van der Waals surface area contributed by atoms with Crippen LogP contribution in [-0.4, -0.2) is 17.5 Å². The molecule has 5 heteroatoms. The van der Waals surface area contributed by atoms with Crippen LogP contribution in [0.4, 0.5) is 5.69 Å².